The molecule has 0 atom stereocenters. The van der Waals surface area contributed by atoms with E-state index in [4.69, 9.17) is 0 Å². The molecule has 21 heavy (non-hydrogen) atoms. The highest BCUT2D eigenvalue weighted by Gasteiger charge is 2.14. The Labute approximate surface area is 137 Å². The van der Waals surface area contributed by atoms with Crippen LogP contribution in [0.25, 0.3) is 0 Å². The molecule has 0 aromatic carbocycles. The van der Waals surface area contributed by atoms with Crippen LogP contribution in [0.5, 0.6) is 0 Å². The van der Waals surface area contributed by atoms with E-state index in [0.29, 0.717) is 5.92 Å². The van der Waals surface area contributed by atoms with Crippen LogP contribution in [0.15, 0.2) is 8.68 Å². The molecule has 0 saturated heterocycles. The fourth-order valence-electron chi connectivity index (χ4n) is 1.17. The van der Waals surface area contributed by atoms with E-state index in [1.807, 2.05) is 0 Å². The van der Waals surface area contributed by atoms with E-state index in [0.717, 1.165) is 14.4 Å². The zero-order chi connectivity index (χ0) is 15.8. The van der Waals surface area contributed by atoms with Crippen molar-refractivity contribution in [2.24, 2.45) is 5.92 Å². The lowest BCUT2D eigenvalue weighted by Crippen LogP contribution is -2.37. The number of aromatic nitrogens is 2. The summed E-state index contributed by atoms with van der Waals surface area (Å²) in [5.74, 6) is 1.59. The molecule has 118 valence electrons. The Morgan fingerprint density at radius 1 is 1.29 bits per heavy atom. The van der Waals surface area contributed by atoms with Crippen LogP contribution >= 0.6 is 34.9 Å². The quantitative estimate of drug-likeness (QED) is 0.719. The molecule has 0 aliphatic rings. The average Bonchev–Trinajstić information content (AvgIpc) is 2.90. The van der Waals surface area contributed by atoms with Crippen LogP contribution in [0.2, 0.25) is 0 Å². The minimum Gasteiger partial charge on any atom is -0.358 e. The predicted octanol–water partition coefficient (Wildman–Crippen LogP) is 1.58. The van der Waals surface area contributed by atoms with Gasteiger partial charge in [0, 0.05) is 19.8 Å². The largest absolute Gasteiger partial charge is 0.358 e. The summed E-state index contributed by atoms with van der Waals surface area (Å²) in [6, 6.07) is 0. The second-order valence-electron chi connectivity index (χ2n) is 4.75. The third-order valence-electron chi connectivity index (χ3n) is 2.33. The van der Waals surface area contributed by atoms with Crippen LogP contribution in [0, 0.1) is 5.92 Å². The molecule has 0 bridgehead atoms. The van der Waals surface area contributed by atoms with Crippen LogP contribution in [0.4, 0.5) is 0 Å². The van der Waals surface area contributed by atoms with Gasteiger partial charge in [0.25, 0.3) is 0 Å². The summed E-state index contributed by atoms with van der Waals surface area (Å²) < 4.78 is 1.71. The summed E-state index contributed by atoms with van der Waals surface area (Å²) in [5.41, 5.74) is 0. The molecule has 2 amide bonds. The fraction of sp³-hybridized carbons (Fsp3) is 0.667. The van der Waals surface area contributed by atoms with Gasteiger partial charge in [-0.15, -0.1) is 10.2 Å². The average molecular weight is 349 g/mol. The summed E-state index contributed by atoms with van der Waals surface area (Å²) in [4.78, 5) is 24.5. The van der Waals surface area contributed by atoms with Crippen molar-refractivity contribution < 1.29 is 9.59 Å². The molecule has 0 fully saturated rings. The second-order valence-corrected chi connectivity index (χ2v) is 8.22. The van der Waals surface area contributed by atoms with Crippen molar-refractivity contribution in [2.45, 2.75) is 22.5 Å². The third kappa shape index (κ3) is 7.14. The van der Waals surface area contributed by atoms with Crippen molar-refractivity contribution >= 4 is 46.7 Å². The zero-order valence-electron chi connectivity index (χ0n) is 12.6. The summed E-state index contributed by atoms with van der Waals surface area (Å²) >= 11 is 4.54. The molecule has 1 aromatic heterocycles. The molecular formula is C12H20N4O2S3. The number of carbonyl (C=O) groups excluding carboxylic acids is 2. The highest BCUT2D eigenvalue weighted by atomic mass is 32.2. The third-order valence-corrected chi connectivity index (χ3v) is 5.93. The standard InChI is InChI=1S/C12H20N4O2S3/c1-8(2)6-19-11-14-15-12(21-11)20-7-10(18)16(4)5-9(17)13-3/h8H,5-7H2,1-4H3,(H,13,17). The van der Waals surface area contributed by atoms with E-state index < -0.39 is 0 Å². The topological polar surface area (TPSA) is 75.2 Å². The summed E-state index contributed by atoms with van der Waals surface area (Å²) in [6.45, 7) is 4.39. The molecule has 1 N–H and O–H groups in total. The SMILES string of the molecule is CNC(=O)CN(C)C(=O)CSc1nnc(SCC(C)C)s1. The first-order valence-corrected chi connectivity index (χ1v) is 9.24. The molecule has 6 nitrogen and oxygen atoms in total. The van der Waals surface area contributed by atoms with E-state index in [9.17, 15) is 9.59 Å². The molecule has 0 aliphatic carbocycles. The number of thioether (sulfide) groups is 2. The van der Waals surface area contributed by atoms with Gasteiger partial charge in [-0.2, -0.15) is 0 Å². The van der Waals surface area contributed by atoms with Gasteiger partial charge < -0.3 is 10.2 Å². The highest BCUT2D eigenvalue weighted by Crippen LogP contribution is 2.29. The number of rotatable bonds is 8. The van der Waals surface area contributed by atoms with E-state index >= 15 is 0 Å². The van der Waals surface area contributed by atoms with Crippen molar-refractivity contribution in [1.82, 2.24) is 20.4 Å². The van der Waals surface area contributed by atoms with Crippen molar-refractivity contribution in [1.29, 1.82) is 0 Å². The first-order valence-electron chi connectivity index (χ1n) is 6.46. The Bertz CT molecular complexity index is 479. The van der Waals surface area contributed by atoms with Crippen LogP contribution in [0.1, 0.15) is 13.8 Å². The van der Waals surface area contributed by atoms with E-state index in [2.05, 4.69) is 29.4 Å². The van der Waals surface area contributed by atoms with Gasteiger partial charge in [0.15, 0.2) is 8.68 Å². The van der Waals surface area contributed by atoms with Crippen LogP contribution in [0.3, 0.4) is 0 Å². The number of nitrogens with zero attached hydrogens (tertiary/aromatic N) is 3. The first kappa shape index (κ1) is 18.2. The monoisotopic (exact) mass is 348 g/mol. The number of hydrogen-bond acceptors (Lipinski definition) is 7. The summed E-state index contributed by atoms with van der Waals surface area (Å²) in [7, 11) is 3.16. The highest BCUT2D eigenvalue weighted by molar-refractivity contribution is 8.03. The van der Waals surface area contributed by atoms with Crippen LogP contribution in [-0.4, -0.2) is 59.1 Å². The number of carbonyl (C=O) groups is 2. The van der Waals surface area contributed by atoms with Gasteiger partial charge in [-0.3, -0.25) is 9.59 Å². The molecule has 1 aromatic rings. The lowest BCUT2D eigenvalue weighted by Gasteiger charge is -2.15. The normalized spacial score (nSPS) is 10.7. The smallest absolute Gasteiger partial charge is 0.239 e. The molecule has 0 saturated carbocycles. The van der Waals surface area contributed by atoms with Gasteiger partial charge in [0.2, 0.25) is 11.8 Å². The first-order chi connectivity index (χ1) is 9.92. The predicted molar refractivity (Wildman–Crippen MR) is 87.9 cm³/mol. The van der Waals surface area contributed by atoms with E-state index in [1.165, 1.54) is 28.0 Å². The van der Waals surface area contributed by atoms with Gasteiger partial charge in [0.1, 0.15) is 0 Å². The van der Waals surface area contributed by atoms with Crippen LogP contribution in [-0.2, 0) is 9.59 Å². The number of nitrogens with one attached hydrogen (secondary N) is 1. The molecular weight excluding hydrogens is 328 g/mol. The fourth-order valence-corrected chi connectivity index (χ4v) is 4.11. The summed E-state index contributed by atoms with van der Waals surface area (Å²) in [5, 5.41) is 10.6. The number of amides is 2. The van der Waals surface area contributed by atoms with E-state index in [-0.39, 0.29) is 24.1 Å². The Kier molecular flexibility index (Phi) is 8.05. The van der Waals surface area contributed by atoms with Crippen molar-refractivity contribution in [3.8, 4) is 0 Å². The second kappa shape index (κ2) is 9.26. The molecule has 9 heteroatoms. The van der Waals surface area contributed by atoms with Crippen LogP contribution < -0.4 is 5.32 Å². The maximum atomic E-state index is 11.9. The minimum absolute atomic E-state index is 0.0709. The maximum absolute atomic E-state index is 11.9. The Morgan fingerprint density at radius 2 is 1.90 bits per heavy atom. The molecule has 1 rings (SSSR count). The maximum Gasteiger partial charge on any atom is 0.239 e. The lowest BCUT2D eigenvalue weighted by molar-refractivity contribution is -0.132. The Balaban J connectivity index is 2.37. The van der Waals surface area contributed by atoms with E-state index in [1.54, 1.807) is 25.9 Å². The number of hydrogen-bond donors (Lipinski definition) is 1. The van der Waals surface area contributed by atoms with Crippen molar-refractivity contribution in [3.05, 3.63) is 0 Å². The summed E-state index contributed by atoms with van der Waals surface area (Å²) in [6.07, 6.45) is 0. The minimum atomic E-state index is -0.181. The molecule has 0 unspecified atom stereocenters. The van der Waals surface area contributed by atoms with Crippen molar-refractivity contribution in [2.75, 3.05) is 32.1 Å². The molecule has 0 spiro atoms. The van der Waals surface area contributed by atoms with Gasteiger partial charge in [-0.1, -0.05) is 48.7 Å². The molecule has 0 radical (unpaired) electrons. The van der Waals surface area contributed by atoms with Crippen molar-refractivity contribution in [3.63, 3.8) is 0 Å². The van der Waals surface area contributed by atoms with Gasteiger partial charge in [-0.25, -0.2) is 0 Å². The molecule has 1 heterocycles. The number of likely N-dealkylation sites (N-methyl/N-ethyl adjacent to an activating group) is 2. The lowest BCUT2D eigenvalue weighted by atomic mass is 10.3. The van der Waals surface area contributed by atoms with Gasteiger partial charge in [0.05, 0.1) is 12.3 Å². The van der Waals surface area contributed by atoms with Gasteiger partial charge >= 0.3 is 0 Å². The Morgan fingerprint density at radius 3 is 2.48 bits per heavy atom. The Hall–Kier alpha value is -0.800. The zero-order valence-corrected chi connectivity index (χ0v) is 15.0. The van der Waals surface area contributed by atoms with Gasteiger partial charge in [-0.05, 0) is 5.92 Å². The molecule has 0 aliphatic heterocycles.